The molecule has 5 nitrogen and oxygen atoms in total. The van der Waals surface area contributed by atoms with Crippen LogP contribution in [-0.2, 0) is 7.05 Å². The van der Waals surface area contributed by atoms with Crippen LogP contribution in [0.1, 0.15) is 41.0 Å². The summed E-state index contributed by atoms with van der Waals surface area (Å²) in [4.78, 5) is 12.2. The molecule has 0 bridgehead atoms. The average Bonchev–Trinajstić information content (AvgIpc) is 3.02. The standard InChI is InChI=1S/C13H21N3O2/c1-9-11(10(2)16(3)15-9)12(18)14-8-13(4-5-13)6-7-17/h17H,4-8H2,1-3H3,(H,14,18). The van der Waals surface area contributed by atoms with Gasteiger partial charge in [-0.05, 0) is 38.5 Å². The van der Waals surface area contributed by atoms with Gasteiger partial charge >= 0.3 is 0 Å². The van der Waals surface area contributed by atoms with Gasteiger partial charge in [0.25, 0.3) is 5.91 Å². The Kier molecular flexibility index (Phi) is 3.43. The molecular formula is C13H21N3O2. The number of hydrogen-bond acceptors (Lipinski definition) is 3. The van der Waals surface area contributed by atoms with Crippen molar-refractivity contribution in [1.29, 1.82) is 0 Å². The quantitative estimate of drug-likeness (QED) is 0.818. The number of aliphatic hydroxyl groups excluding tert-OH is 1. The van der Waals surface area contributed by atoms with Gasteiger partial charge in [0.2, 0.25) is 0 Å². The summed E-state index contributed by atoms with van der Waals surface area (Å²) >= 11 is 0. The SMILES string of the molecule is Cc1nn(C)c(C)c1C(=O)NCC1(CCO)CC1. The highest BCUT2D eigenvalue weighted by molar-refractivity contribution is 5.96. The maximum atomic E-state index is 12.2. The Balaban J connectivity index is 2.00. The van der Waals surface area contributed by atoms with Gasteiger partial charge in [-0.25, -0.2) is 0 Å². The van der Waals surface area contributed by atoms with Crippen molar-refractivity contribution >= 4 is 5.91 Å². The van der Waals surface area contributed by atoms with Gasteiger partial charge in [-0.3, -0.25) is 9.48 Å². The first-order chi connectivity index (χ1) is 8.49. The maximum Gasteiger partial charge on any atom is 0.255 e. The van der Waals surface area contributed by atoms with E-state index in [1.54, 1.807) is 4.68 Å². The van der Waals surface area contributed by atoms with Crippen molar-refractivity contribution in [3.8, 4) is 0 Å². The molecule has 2 rings (SSSR count). The summed E-state index contributed by atoms with van der Waals surface area (Å²) < 4.78 is 1.73. The number of hydrogen-bond donors (Lipinski definition) is 2. The first kappa shape index (κ1) is 13.1. The number of aromatic nitrogens is 2. The van der Waals surface area contributed by atoms with E-state index in [9.17, 15) is 4.79 Å². The van der Waals surface area contributed by atoms with Crippen molar-refractivity contribution in [2.75, 3.05) is 13.2 Å². The predicted octanol–water partition coefficient (Wildman–Crippen LogP) is 0.929. The van der Waals surface area contributed by atoms with Crippen LogP contribution in [-0.4, -0.2) is 33.9 Å². The number of nitrogens with one attached hydrogen (secondary N) is 1. The highest BCUT2D eigenvalue weighted by Gasteiger charge is 2.42. The lowest BCUT2D eigenvalue weighted by Crippen LogP contribution is -2.31. The molecule has 1 aromatic heterocycles. The van der Waals surface area contributed by atoms with Crippen molar-refractivity contribution in [3.05, 3.63) is 17.0 Å². The lowest BCUT2D eigenvalue weighted by molar-refractivity contribution is 0.0939. The van der Waals surface area contributed by atoms with Gasteiger partial charge in [0.1, 0.15) is 0 Å². The van der Waals surface area contributed by atoms with Crippen molar-refractivity contribution in [2.45, 2.75) is 33.1 Å². The van der Waals surface area contributed by atoms with Crippen LogP contribution < -0.4 is 5.32 Å². The second-order valence-electron chi connectivity index (χ2n) is 5.33. The Bertz CT molecular complexity index is 461. The molecule has 1 amide bonds. The van der Waals surface area contributed by atoms with Crippen molar-refractivity contribution in [2.24, 2.45) is 12.5 Å². The Labute approximate surface area is 107 Å². The maximum absolute atomic E-state index is 12.2. The third kappa shape index (κ3) is 2.41. The van der Waals surface area contributed by atoms with Crippen LogP contribution in [0.2, 0.25) is 0 Å². The number of amides is 1. The van der Waals surface area contributed by atoms with E-state index < -0.39 is 0 Å². The normalized spacial score (nSPS) is 16.7. The fraction of sp³-hybridized carbons (Fsp3) is 0.692. The van der Waals surface area contributed by atoms with Crippen LogP contribution in [0.4, 0.5) is 0 Å². The fourth-order valence-electron chi connectivity index (χ4n) is 2.39. The topological polar surface area (TPSA) is 67.2 Å². The van der Waals surface area contributed by atoms with E-state index in [0.717, 1.165) is 30.7 Å². The summed E-state index contributed by atoms with van der Waals surface area (Å²) in [7, 11) is 1.84. The van der Waals surface area contributed by atoms with Crippen molar-refractivity contribution < 1.29 is 9.90 Å². The van der Waals surface area contributed by atoms with E-state index in [1.807, 2.05) is 20.9 Å². The molecule has 1 aliphatic rings. The number of aliphatic hydroxyl groups is 1. The molecule has 100 valence electrons. The molecule has 0 aromatic carbocycles. The van der Waals surface area contributed by atoms with Gasteiger partial charge in [-0.2, -0.15) is 5.10 Å². The number of nitrogens with zero attached hydrogens (tertiary/aromatic N) is 2. The molecule has 1 saturated carbocycles. The van der Waals surface area contributed by atoms with E-state index in [0.29, 0.717) is 12.1 Å². The molecule has 0 unspecified atom stereocenters. The largest absolute Gasteiger partial charge is 0.396 e. The minimum absolute atomic E-state index is 0.0534. The molecule has 1 heterocycles. The van der Waals surface area contributed by atoms with E-state index in [4.69, 9.17) is 5.11 Å². The minimum Gasteiger partial charge on any atom is -0.396 e. The van der Waals surface area contributed by atoms with Crippen LogP contribution in [0.3, 0.4) is 0 Å². The van der Waals surface area contributed by atoms with Gasteiger partial charge in [0.15, 0.2) is 0 Å². The Morgan fingerprint density at radius 3 is 2.61 bits per heavy atom. The number of rotatable bonds is 5. The average molecular weight is 251 g/mol. The van der Waals surface area contributed by atoms with Crippen molar-refractivity contribution in [1.82, 2.24) is 15.1 Å². The van der Waals surface area contributed by atoms with E-state index in [1.165, 1.54) is 0 Å². The zero-order chi connectivity index (χ0) is 13.3. The summed E-state index contributed by atoms with van der Waals surface area (Å²) in [6.45, 7) is 4.60. The first-order valence-electron chi connectivity index (χ1n) is 6.38. The van der Waals surface area contributed by atoms with Gasteiger partial charge in [0, 0.05) is 25.9 Å². The second-order valence-corrected chi connectivity index (χ2v) is 5.33. The molecule has 0 aliphatic heterocycles. The number of carbonyl (C=O) groups is 1. The zero-order valence-electron chi connectivity index (χ0n) is 11.3. The van der Waals surface area contributed by atoms with Crippen molar-refractivity contribution in [3.63, 3.8) is 0 Å². The molecule has 0 spiro atoms. The van der Waals surface area contributed by atoms with Crippen LogP contribution in [0, 0.1) is 19.3 Å². The van der Waals surface area contributed by atoms with Gasteiger partial charge in [-0.15, -0.1) is 0 Å². The van der Waals surface area contributed by atoms with Gasteiger partial charge < -0.3 is 10.4 Å². The summed E-state index contributed by atoms with van der Waals surface area (Å²) in [5, 5.41) is 16.2. The Hall–Kier alpha value is -1.36. The molecule has 2 N–H and O–H groups in total. The molecule has 18 heavy (non-hydrogen) atoms. The first-order valence-corrected chi connectivity index (χ1v) is 6.38. The monoisotopic (exact) mass is 251 g/mol. The summed E-state index contributed by atoms with van der Waals surface area (Å²) in [5.41, 5.74) is 2.47. The molecule has 0 atom stereocenters. The summed E-state index contributed by atoms with van der Waals surface area (Å²) in [6.07, 6.45) is 2.97. The predicted molar refractivity (Wildman–Crippen MR) is 68.4 cm³/mol. The number of carbonyl (C=O) groups excluding carboxylic acids is 1. The molecular weight excluding hydrogens is 230 g/mol. The molecule has 1 aliphatic carbocycles. The van der Waals surface area contributed by atoms with Gasteiger partial charge in [-0.1, -0.05) is 0 Å². The van der Waals surface area contributed by atoms with E-state index in [2.05, 4.69) is 10.4 Å². The molecule has 1 fully saturated rings. The third-order valence-corrected chi connectivity index (χ3v) is 3.96. The lowest BCUT2D eigenvalue weighted by Gasteiger charge is -2.14. The molecule has 1 aromatic rings. The molecule has 0 radical (unpaired) electrons. The highest BCUT2D eigenvalue weighted by atomic mass is 16.3. The van der Waals surface area contributed by atoms with Crippen LogP contribution in [0.15, 0.2) is 0 Å². The molecule has 0 saturated heterocycles. The molecule has 5 heteroatoms. The van der Waals surface area contributed by atoms with Gasteiger partial charge in [0.05, 0.1) is 11.3 Å². The summed E-state index contributed by atoms with van der Waals surface area (Å²) in [5.74, 6) is -0.0534. The van der Waals surface area contributed by atoms with Crippen LogP contribution in [0.25, 0.3) is 0 Å². The van der Waals surface area contributed by atoms with Crippen LogP contribution >= 0.6 is 0 Å². The minimum atomic E-state index is -0.0534. The lowest BCUT2D eigenvalue weighted by atomic mass is 10.0. The Morgan fingerprint density at radius 2 is 2.17 bits per heavy atom. The number of aryl methyl sites for hydroxylation is 2. The fourth-order valence-corrected chi connectivity index (χ4v) is 2.39. The zero-order valence-corrected chi connectivity index (χ0v) is 11.3. The van der Waals surface area contributed by atoms with Crippen LogP contribution in [0.5, 0.6) is 0 Å². The highest BCUT2D eigenvalue weighted by Crippen LogP contribution is 2.47. The Morgan fingerprint density at radius 1 is 1.50 bits per heavy atom. The summed E-state index contributed by atoms with van der Waals surface area (Å²) in [6, 6.07) is 0. The second kappa shape index (κ2) is 4.72. The van der Waals surface area contributed by atoms with E-state index >= 15 is 0 Å². The third-order valence-electron chi connectivity index (χ3n) is 3.96. The van der Waals surface area contributed by atoms with E-state index in [-0.39, 0.29) is 17.9 Å². The smallest absolute Gasteiger partial charge is 0.255 e.